The summed E-state index contributed by atoms with van der Waals surface area (Å²) in [6.45, 7) is 0.888. The Bertz CT molecular complexity index is 1040. The van der Waals surface area contributed by atoms with Crippen LogP contribution in [0.3, 0.4) is 0 Å². The van der Waals surface area contributed by atoms with E-state index in [9.17, 15) is 30.3 Å². The van der Waals surface area contributed by atoms with Gasteiger partial charge in [0.05, 0.1) is 0 Å². The van der Waals surface area contributed by atoms with Crippen LogP contribution in [0, 0.1) is 0 Å². The van der Waals surface area contributed by atoms with Crippen molar-refractivity contribution in [2.24, 2.45) is 0 Å². The van der Waals surface area contributed by atoms with Gasteiger partial charge in [0, 0.05) is 11.6 Å². The summed E-state index contributed by atoms with van der Waals surface area (Å²) >= 11 is 0. The van der Waals surface area contributed by atoms with Crippen LogP contribution in [0.4, 0.5) is 0 Å². The summed E-state index contributed by atoms with van der Waals surface area (Å²) in [6.07, 6.45) is -7.09. The molecule has 2 aromatic rings. The zero-order chi connectivity index (χ0) is 21.9. The van der Waals surface area contributed by atoms with Crippen LogP contribution in [0.2, 0.25) is 0 Å². The number of aliphatic hydroxyl groups excluding tert-OH is 3. The highest BCUT2D eigenvalue weighted by Crippen LogP contribution is 2.49. The first kappa shape index (κ1) is 20.2. The minimum absolute atomic E-state index is 0.0182. The first-order valence-corrected chi connectivity index (χ1v) is 10.2. The molecule has 0 spiro atoms. The summed E-state index contributed by atoms with van der Waals surface area (Å²) in [6, 6.07) is 9.46. The van der Waals surface area contributed by atoms with Gasteiger partial charge in [-0.15, -0.1) is 0 Å². The van der Waals surface area contributed by atoms with Crippen LogP contribution in [0.15, 0.2) is 30.3 Å². The molecule has 1 saturated heterocycles. The molecule has 0 bridgehead atoms. The molecule has 1 fully saturated rings. The minimum Gasteiger partial charge on any atom is -0.504 e. The maximum absolute atomic E-state index is 11.3. The third kappa shape index (κ3) is 3.17. The van der Waals surface area contributed by atoms with Gasteiger partial charge in [0.15, 0.2) is 17.6 Å². The molecule has 2 aliphatic heterocycles. The van der Waals surface area contributed by atoms with E-state index in [0.29, 0.717) is 12.0 Å². The van der Waals surface area contributed by atoms with Crippen LogP contribution in [0.25, 0.3) is 11.1 Å². The van der Waals surface area contributed by atoms with E-state index in [0.717, 1.165) is 29.7 Å². The van der Waals surface area contributed by atoms with E-state index in [-0.39, 0.29) is 17.5 Å². The number of phenols is 1. The van der Waals surface area contributed by atoms with Gasteiger partial charge < -0.3 is 40.3 Å². The van der Waals surface area contributed by atoms with E-state index in [1.165, 1.54) is 11.6 Å². The van der Waals surface area contributed by atoms with Gasteiger partial charge in [0.2, 0.25) is 6.29 Å². The lowest BCUT2D eigenvalue weighted by Gasteiger charge is -2.39. The molecule has 1 aliphatic carbocycles. The minimum atomic E-state index is -1.82. The number of aliphatic carboxylic acids is 1. The molecule has 0 amide bonds. The lowest BCUT2D eigenvalue weighted by Crippen LogP contribution is -2.61. The lowest BCUT2D eigenvalue weighted by atomic mass is 9.77. The highest BCUT2D eigenvalue weighted by Gasteiger charge is 2.48. The fraction of sp³-hybridized carbons (Fsp3) is 0.409. The number of rotatable bonds is 3. The van der Waals surface area contributed by atoms with Gasteiger partial charge in [0.25, 0.3) is 0 Å². The fourth-order valence-corrected chi connectivity index (χ4v) is 4.79. The van der Waals surface area contributed by atoms with Crippen molar-refractivity contribution in [3.8, 4) is 22.6 Å². The fourth-order valence-electron chi connectivity index (χ4n) is 4.79. The third-order valence-corrected chi connectivity index (χ3v) is 6.31. The van der Waals surface area contributed by atoms with E-state index >= 15 is 0 Å². The molecule has 3 aliphatic rings. The zero-order valence-corrected chi connectivity index (χ0v) is 16.4. The van der Waals surface area contributed by atoms with Crippen molar-refractivity contribution in [3.63, 3.8) is 0 Å². The number of hydrogen-bond acceptors (Lipinski definition) is 8. The Morgan fingerprint density at radius 2 is 1.87 bits per heavy atom. The number of nitrogens with one attached hydrogen (secondary N) is 1. The monoisotopic (exact) mass is 429 g/mol. The predicted molar refractivity (Wildman–Crippen MR) is 107 cm³/mol. The molecule has 164 valence electrons. The second kappa shape index (κ2) is 7.47. The number of aromatic hydroxyl groups is 1. The summed E-state index contributed by atoms with van der Waals surface area (Å²) in [5.74, 6) is -1.68. The van der Waals surface area contributed by atoms with Crippen LogP contribution in [-0.4, -0.2) is 68.8 Å². The maximum atomic E-state index is 11.3. The molecular weight excluding hydrogens is 406 g/mol. The third-order valence-electron chi connectivity index (χ3n) is 6.31. The van der Waals surface area contributed by atoms with Gasteiger partial charge in [-0.25, -0.2) is 4.79 Å². The van der Waals surface area contributed by atoms with Crippen LogP contribution in [0.1, 0.15) is 22.7 Å². The number of aliphatic hydroxyl groups is 3. The summed E-state index contributed by atoms with van der Waals surface area (Å²) in [5.41, 5.74) is 4.81. The van der Waals surface area contributed by atoms with Crippen molar-refractivity contribution < 1.29 is 39.8 Å². The second-order valence-electron chi connectivity index (χ2n) is 8.14. The van der Waals surface area contributed by atoms with Crippen molar-refractivity contribution >= 4 is 5.97 Å². The molecule has 2 heterocycles. The predicted octanol–water partition coefficient (Wildman–Crippen LogP) is 0.0731. The average molecular weight is 429 g/mol. The number of fused-ring (bicyclic) bond motifs is 2. The van der Waals surface area contributed by atoms with E-state index in [1.807, 2.05) is 18.2 Å². The number of phenolic OH excluding ortho intramolecular Hbond substituents is 1. The Balaban J connectivity index is 1.51. The Hall–Kier alpha value is -2.69. The molecule has 5 rings (SSSR count). The zero-order valence-electron chi connectivity index (χ0n) is 16.4. The number of ether oxygens (including phenoxy) is 2. The van der Waals surface area contributed by atoms with E-state index in [1.54, 1.807) is 0 Å². The lowest BCUT2D eigenvalue weighted by molar-refractivity contribution is -0.271. The Morgan fingerprint density at radius 3 is 2.65 bits per heavy atom. The summed E-state index contributed by atoms with van der Waals surface area (Å²) in [7, 11) is 0. The van der Waals surface area contributed by atoms with Gasteiger partial charge in [-0.05, 0) is 47.7 Å². The van der Waals surface area contributed by atoms with Crippen molar-refractivity contribution in [1.29, 1.82) is 0 Å². The number of carboxylic acid groups (broad SMARTS) is 1. The number of hydrogen-bond donors (Lipinski definition) is 6. The first-order valence-electron chi connectivity index (χ1n) is 10.2. The summed E-state index contributed by atoms with van der Waals surface area (Å²) < 4.78 is 10.8. The standard InChI is InChI=1S/C22H23NO8/c24-16-13(30-22-19(27)17(25)18(26)20(31-22)21(28)29)5-4-10-8-12-14-9(6-7-23-12)2-1-3-11(14)15(10)16/h1-5,12,17-20,22-27H,6-8H2,(H,28,29)/t12?,17-,18+,19-,20+,22-/m1/s1. The van der Waals surface area contributed by atoms with Gasteiger partial charge >= 0.3 is 5.97 Å². The first-order chi connectivity index (χ1) is 14.9. The van der Waals surface area contributed by atoms with Crippen molar-refractivity contribution in [2.45, 2.75) is 49.6 Å². The molecule has 2 aromatic carbocycles. The Labute approximate surface area is 177 Å². The molecule has 0 aromatic heterocycles. The van der Waals surface area contributed by atoms with Gasteiger partial charge in [-0.2, -0.15) is 0 Å². The smallest absolute Gasteiger partial charge is 0.335 e. The molecule has 0 radical (unpaired) electrons. The topological polar surface area (TPSA) is 149 Å². The van der Waals surface area contributed by atoms with E-state index in [4.69, 9.17) is 9.47 Å². The molecule has 1 unspecified atom stereocenters. The molecule has 6 N–H and O–H groups in total. The van der Waals surface area contributed by atoms with Gasteiger partial charge in [0.1, 0.15) is 18.3 Å². The molecule has 9 nitrogen and oxygen atoms in total. The molecule has 0 saturated carbocycles. The SMILES string of the molecule is O=C(O)[C@H]1O[C@@H](Oc2ccc3c(c2O)-c2cccc4c2C(C3)NCC4)[C@H](O)[C@H](O)[C@@H]1O. The van der Waals surface area contributed by atoms with Crippen LogP contribution in [0.5, 0.6) is 11.5 Å². The largest absolute Gasteiger partial charge is 0.504 e. The van der Waals surface area contributed by atoms with Crippen molar-refractivity contribution in [3.05, 3.63) is 47.0 Å². The molecule has 6 atom stereocenters. The molecule has 31 heavy (non-hydrogen) atoms. The van der Waals surface area contributed by atoms with Crippen LogP contribution < -0.4 is 10.1 Å². The maximum Gasteiger partial charge on any atom is 0.335 e. The summed E-state index contributed by atoms with van der Waals surface area (Å²) in [5, 5.41) is 53.8. The van der Waals surface area contributed by atoms with E-state index in [2.05, 4.69) is 11.4 Å². The number of carbonyl (C=O) groups is 1. The van der Waals surface area contributed by atoms with Crippen molar-refractivity contribution in [2.75, 3.05) is 6.54 Å². The average Bonchev–Trinajstić information content (AvgIpc) is 2.76. The number of carboxylic acids is 1. The normalized spacial score (nSPS) is 31.5. The highest BCUT2D eigenvalue weighted by molar-refractivity contribution is 5.82. The Morgan fingerprint density at radius 1 is 1.06 bits per heavy atom. The molecular formula is C22H23NO8. The van der Waals surface area contributed by atoms with Gasteiger partial charge in [-0.1, -0.05) is 24.3 Å². The summed E-state index contributed by atoms with van der Waals surface area (Å²) in [4.78, 5) is 11.3. The number of benzene rings is 2. The highest BCUT2D eigenvalue weighted by atomic mass is 16.7. The van der Waals surface area contributed by atoms with Gasteiger partial charge in [-0.3, -0.25) is 0 Å². The Kier molecular flexibility index (Phi) is 4.87. The van der Waals surface area contributed by atoms with Crippen LogP contribution >= 0.6 is 0 Å². The van der Waals surface area contributed by atoms with Crippen LogP contribution in [-0.2, 0) is 22.4 Å². The van der Waals surface area contributed by atoms with Crippen molar-refractivity contribution in [1.82, 2.24) is 5.32 Å². The molecule has 9 heteroatoms. The quantitative estimate of drug-likeness (QED) is 0.399. The van der Waals surface area contributed by atoms with E-state index < -0.39 is 36.7 Å². The second-order valence-corrected chi connectivity index (χ2v) is 8.14.